The molecule has 0 aromatic heterocycles. The van der Waals surface area contributed by atoms with Crippen molar-refractivity contribution in [2.75, 3.05) is 13.2 Å². The molecule has 0 unspecified atom stereocenters. The first-order valence-corrected chi connectivity index (χ1v) is 5.41. The number of para-hydroxylation sites is 1. The number of rotatable bonds is 3. The molecule has 0 radical (unpaired) electrons. The van der Waals surface area contributed by atoms with Gasteiger partial charge in [0, 0.05) is 5.56 Å². The van der Waals surface area contributed by atoms with Crippen LogP contribution in [-0.4, -0.2) is 30.1 Å². The number of benzene rings is 1. The molecule has 2 rings (SSSR count). The standard InChI is InChI=1S/C12H13NO4/c1-2-16-11(14)8-13-7-9-5-3-4-6-10(9)17-12(13)15/h3-6H,2,7-8H2,1H3. The first kappa shape index (κ1) is 11.4. The highest BCUT2D eigenvalue weighted by Gasteiger charge is 2.26. The van der Waals surface area contributed by atoms with Gasteiger partial charge in [0.1, 0.15) is 12.3 Å². The Morgan fingerprint density at radius 2 is 2.24 bits per heavy atom. The van der Waals surface area contributed by atoms with E-state index >= 15 is 0 Å². The lowest BCUT2D eigenvalue weighted by atomic mass is 10.1. The van der Waals surface area contributed by atoms with Crippen LogP contribution in [0.3, 0.4) is 0 Å². The summed E-state index contributed by atoms with van der Waals surface area (Å²) >= 11 is 0. The highest BCUT2D eigenvalue weighted by Crippen LogP contribution is 2.25. The van der Waals surface area contributed by atoms with E-state index < -0.39 is 12.1 Å². The maximum Gasteiger partial charge on any atom is 0.416 e. The second kappa shape index (κ2) is 4.86. The number of carbonyl (C=O) groups excluding carboxylic acids is 2. The molecule has 5 heteroatoms. The van der Waals surface area contributed by atoms with Crippen molar-refractivity contribution in [3.63, 3.8) is 0 Å². The number of fused-ring (bicyclic) bond motifs is 1. The zero-order valence-electron chi connectivity index (χ0n) is 9.51. The fourth-order valence-corrected chi connectivity index (χ4v) is 1.65. The van der Waals surface area contributed by atoms with E-state index in [1.54, 1.807) is 19.1 Å². The lowest BCUT2D eigenvalue weighted by molar-refractivity contribution is -0.144. The highest BCUT2D eigenvalue weighted by molar-refractivity contribution is 5.80. The summed E-state index contributed by atoms with van der Waals surface area (Å²) in [4.78, 5) is 24.2. The minimum absolute atomic E-state index is 0.0823. The van der Waals surface area contributed by atoms with Crippen LogP contribution in [0.5, 0.6) is 5.75 Å². The molecule has 0 N–H and O–H groups in total. The van der Waals surface area contributed by atoms with Crippen LogP contribution in [-0.2, 0) is 16.1 Å². The monoisotopic (exact) mass is 235 g/mol. The molecule has 90 valence electrons. The first-order valence-electron chi connectivity index (χ1n) is 5.41. The van der Waals surface area contributed by atoms with E-state index in [0.29, 0.717) is 18.9 Å². The fraction of sp³-hybridized carbons (Fsp3) is 0.333. The summed E-state index contributed by atoms with van der Waals surface area (Å²) in [5.74, 6) is 0.126. The minimum Gasteiger partial charge on any atom is -0.465 e. The third kappa shape index (κ3) is 2.55. The van der Waals surface area contributed by atoms with Gasteiger partial charge in [-0.25, -0.2) is 4.79 Å². The Balaban J connectivity index is 2.07. The highest BCUT2D eigenvalue weighted by atomic mass is 16.6. The number of esters is 1. The fourth-order valence-electron chi connectivity index (χ4n) is 1.65. The molecule has 1 aromatic rings. The average Bonchev–Trinajstić information content (AvgIpc) is 2.30. The summed E-state index contributed by atoms with van der Waals surface area (Å²) in [7, 11) is 0. The zero-order valence-corrected chi connectivity index (χ0v) is 9.51. The third-order valence-corrected chi connectivity index (χ3v) is 2.41. The van der Waals surface area contributed by atoms with Gasteiger partial charge in [0.05, 0.1) is 13.2 Å². The van der Waals surface area contributed by atoms with E-state index in [0.717, 1.165) is 5.56 Å². The van der Waals surface area contributed by atoms with Crippen LogP contribution in [0.2, 0.25) is 0 Å². The maximum absolute atomic E-state index is 11.6. The van der Waals surface area contributed by atoms with Gasteiger partial charge in [0.15, 0.2) is 0 Å². The van der Waals surface area contributed by atoms with Crippen LogP contribution in [0, 0.1) is 0 Å². The molecule has 0 fully saturated rings. The van der Waals surface area contributed by atoms with Crippen LogP contribution in [0.15, 0.2) is 24.3 Å². The van der Waals surface area contributed by atoms with Gasteiger partial charge < -0.3 is 9.47 Å². The summed E-state index contributed by atoms with van der Waals surface area (Å²) < 4.78 is 9.90. The van der Waals surface area contributed by atoms with Crippen molar-refractivity contribution in [3.05, 3.63) is 29.8 Å². The summed E-state index contributed by atoms with van der Waals surface area (Å²) in [6.45, 7) is 2.31. The quantitative estimate of drug-likeness (QED) is 0.746. The van der Waals surface area contributed by atoms with Crippen molar-refractivity contribution in [2.45, 2.75) is 13.5 Å². The molecule has 0 atom stereocenters. The van der Waals surface area contributed by atoms with Crippen LogP contribution >= 0.6 is 0 Å². The molecule has 0 aliphatic carbocycles. The summed E-state index contributed by atoms with van der Waals surface area (Å²) in [6.07, 6.45) is -0.517. The number of hydrogen-bond donors (Lipinski definition) is 0. The van der Waals surface area contributed by atoms with Crippen LogP contribution in [0.4, 0.5) is 4.79 Å². The molecule has 0 spiro atoms. The molecule has 5 nitrogen and oxygen atoms in total. The van der Waals surface area contributed by atoms with Crippen LogP contribution in [0.25, 0.3) is 0 Å². The largest absolute Gasteiger partial charge is 0.465 e. The van der Waals surface area contributed by atoms with Gasteiger partial charge in [-0.3, -0.25) is 9.69 Å². The molecule has 1 aliphatic heterocycles. The molecular weight excluding hydrogens is 222 g/mol. The molecule has 17 heavy (non-hydrogen) atoms. The molecule has 1 heterocycles. The SMILES string of the molecule is CCOC(=O)CN1Cc2ccccc2OC1=O. The molecule has 1 aromatic carbocycles. The van der Waals surface area contributed by atoms with E-state index in [2.05, 4.69) is 0 Å². The van der Waals surface area contributed by atoms with Crippen molar-refractivity contribution in [1.29, 1.82) is 0 Å². The van der Waals surface area contributed by atoms with Gasteiger partial charge in [-0.1, -0.05) is 18.2 Å². The lowest BCUT2D eigenvalue weighted by Gasteiger charge is -2.26. The van der Waals surface area contributed by atoms with E-state index in [4.69, 9.17) is 9.47 Å². The number of nitrogens with zero attached hydrogens (tertiary/aromatic N) is 1. The van der Waals surface area contributed by atoms with Gasteiger partial charge in [0.2, 0.25) is 0 Å². The predicted molar refractivity (Wildman–Crippen MR) is 59.5 cm³/mol. The first-order chi connectivity index (χ1) is 8.20. The minimum atomic E-state index is -0.517. The van der Waals surface area contributed by atoms with Gasteiger partial charge in [-0.2, -0.15) is 0 Å². The molecule has 1 aliphatic rings. The Bertz CT molecular complexity index is 444. The third-order valence-electron chi connectivity index (χ3n) is 2.41. The van der Waals surface area contributed by atoms with Gasteiger partial charge in [0.25, 0.3) is 0 Å². The summed E-state index contributed by atoms with van der Waals surface area (Å²) in [5, 5.41) is 0. The van der Waals surface area contributed by atoms with Crippen molar-refractivity contribution in [2.24, 2.45) is 0 Å². The van der Waals surface area contributed by atoms with Crippen molar-refractivity contribution >= 4 is 12.1 Å². The number of amides is 1. The second-order valence-corrected chi connectivity index (χ2v) is 3.64. The Morgan fingerprint density at radius 3 is 3.00 bits per heavy atom. The van der Waals surface area contributed by atoms with Gasteiger partial charge in [-0.15, -0.1) is 0 Å². The number of hydrogen-bond acceptors (Lipinski definition) is 4. The Hall–Kier alpha value is -2.04. The Labute approximate surface area is 98.9 Å². The average molecular weight is 235 g/mol. The summed E-state index contributed by atoms with van der Waals surface area (Å²) in [5.41, 5.74) is 0.886. The maximum atomic E-state index is 11.6. The van der Waals surface area contributed by atoms with Crippen molar-refractivity contribution < 1.29 is 19.1 Å². The normalized spacial score (nSPS) is 13.9. The molecule has 0 saturated carbocycles. The molecule has 0 bridgehead atoms. The van der Waals surface area contributed by atoms with E-state index in [9.17, 15) is 9.59 Å². The van der Waals surface area contributed by atoms with E-state index in [1.165, 1.54) is 4.90 Å². The number of carbonyl (C=O) groups is 2. The predicted octanol–water partition coefficient (Wildman–Crippen LogP) is 1.56. The van der Waals surface area contributed by atoms with Crippen molar-refractivity contribution in [1.82, 2.24) is 4.90 Å². The molecule has 1 amide bonds. The molecular formula is C12H13NO4. The van der Waals surface area contributed by atoms with E-state index in [1.807, 2.05) is 12.1 Å². The van der Waals surface area contributed by atoms with E-state index in [-0.39, 0.29) is 6.54 Å². The topological polar surface area (TPSA) is 55.8 Å². The lowest BCUT2D eigenvalue weighted by Crippen LogP contribution is -2.40. The van der Waals surface area contributed by atoms with Gasteiger partial charge in [-0.05, 0) is 13.0 Å². The Kier molecular flexibility index (Phi) is 3.27. The smallest absolute Gasteiger partial charge is 0.416 e. The molecule has 0 saturated heterocycles. The van der Waals surface area contributed by atoms with Crippen molar-refractivity contribution in [3.8, 4) is 5.75 Å². The Morgan fingerprint density at radius 1 is 1.47 bits per heavy atom. The number of ether oxygens (including phenoxy) is 2. The summed E-state index contributed by atoms with van der Waals surface area (Å²) in [6, 6.07) is 7.25. The second-order valence-electron chi connectivity index (χ2n) is 3.64. The zero-order chi connectivity index (χ0) is 12.3. The van der Waals surface area contributed by atoms with Gasteiger partial charge >= 0.3 is 12.1 Å². The van der Waals surface area contributed by atoms with Crippen LogP contribution in [0.1, 0.15) is 12.5 Å². The van der Waals surface area contributed by atoms with Crippen LogP contribution < -0.4 is 4.74 Å².